The van der Waals surface area contributed by atoms with Crippen LogP contribution in [0.15, 0.2) is 29.2 Å². The van der Waals surface area contributed by atoms with Gasteiger partial charge in [-0.25, -0.2) is 13.1 Å². The summed E-state index contributed by atoms with van der Waals surface area (Å²) in [5.74, 6) is -0.247. The molecule has 1 aliphatic heterocycles. The standard InChI is InChI=1S/C16H23F3N2O4S/c1-12(2)15(21-7-9-24-10-8-21)11-20-26(22,23)14-5-3-13(4-6-14)25-16(17,18)19/h3-6,12,15,20H,7-11H2,1-2H3. The highest BCUT2D eigenvalue weighted by atomic mass is 32.2. The van der Waals surface area contributed by atoms with Crippen molar-refractivity contribution in [2.75, 3.05) is 32.8 Å². The van der Waals surface area contributed by atoms with Crippen molar-refractivity contribution in [1.29, 1.82) is 0 Å². The van der Waals surface area contributed by atoms with Gasteiger partial charge in [0.15, 0.2) is 0 Å². The summed E-state index contributed by atoms with van der Waals surface area (Å²) in [5, 5.41) is 0. The molecule has 1 heterocycles. The van der Waals surface area contributed by atoms with Crippen LogP contribution in [0.1, 0.15) is 13.8 Å². The third-order valence-electron chi connectivity index (χ3n) is 4.13. The van der Waals surface area contributed by atoms with E-state index in [9.17, 15) is 21.6 Å². The molecule has 1 aliphatic rings. The van der Waals surface area contributed by atoms with Gasteiger partial charge < -0.3 is 9.47 Å². The Kier molecular flexibility index (Phi) is 6.89. The first-order valence-corrected chi connectivity index (χ1v) is 9.74. The zero-order chi connectivity index (χ0) is 19.4. The Bertz CT molecular complexity index is 672. The molecule has 0 aliphatic carbocycles. The number of nitrogens with zero attached hydrogens (tertiary/aromatic N) is 1. The van der Waals surface area contributed by atoms with E-state index < -0.39 is 22.1 Å². The molecule has 0 bridgehead atoms. The second kappa shape index (κ2) is 8.55. The van der Waals surface area contributed by atoms with Crippen molar-refractivity contribution < 1.29 is 31.1 Å². The summed E-state index contributed by atoms with van der Waals surface area (Å²) < 4.78 is 73.0. The Labute approximate surface area is 151 Å². The molecule has 26 heavy (non-hydrogen) atoms. The maximum absolute atomic E-state index is 12.4. The minimum atomic E-state index is -4.82. The molecule has 0 saturated carbocycles. The number of rotatable bonds is 7. The van der Waals surface area contributed by atoms with Crippen LogP contribution >= 0.6 is 0 Å². The number of nitrogens with one attached hydrogen (secondary N) is 1. The predicted octanol–water partition coefficient (Wildman–Crippen LogP) is 2.22. The number of hydrogen-bond acceptors (Lipinski definition) is 5. The summed E-state index contributed by atoms with van der Waals surface area (Å²) in [5.41, 5.74) is 0. The first-order valence-electron chi connectivity index (χ1n) is 8.26. The van der Waals surface area contributed by atoms with Crippen molar-refractivity contribution in [2.24, 2.45) is 5.92 Å². The van der Waals surface area contributed by atoms with Gasteiger partial charge >= 0.3 is 6.36 Å². The highest BCUT2D eigenvalue weighted by Gasteiger charge is 2.31. The SMILES string of the molecule is CC(C)C(CNS(=O)(=O)c1ccc(OC(F)(F)F)cc1)N1CCOCC1. The first kappa shape index (κ1) is 20.9. The topological polar surface area (TPSA) is 67.9 Å². The third-order valence-corrected chi connectivity index (χ3v) is 5.57. The molecule has 0 aromatic heterocycles. The highest BCUT2D eigenvalue weighted by molar-refractivity contribution is 7.89. The van der Waals surface area contributed by atoms with Crippen LogP contribution in [-0.2, 0) is 14.8 Å². The Hall–Kier alpha value is -1.36. The smallest absolute Gasteiger partial charge is 0.406 e. The summed E-state index contributed by atoms with van der Waals surface area (Å²) in [6.45, 7) is 6.91. The number of ether oxygens (including phenoxy) is 2. The van der Waals surface area contributed by atoms with Crippen LogP contribution in [0.4, 0.5) is 13.2 Å². The average Bonchev–Trinajstić information content (AvgIpc) is 2.54. The summed E-state index contributed by atoms with van der Waals surface area (Å²) in [4.78, 5) is 2.06. The van der Waals surface area contributed by atoms with Crippen LogP contribution < -0.4 is 9.46 Å². The van der Waals surface area contributed by atoms with Crippen molar-refractivity contribution >= 4 is 10.0 Å². The molecule has 2 rings (SSSR count). The zero-order valence-electron chi connectivity index (χ0n) is 14.6. The van der Waals surface area contributed by atoms with E-state index >= 15 is 0 Å². The second-order valence-electron chi connectivity index (χ2n) is 6.33. The van der Waals surface area contributed by atoms with Crippen molar-refractivity contribution in [2.45, 2.75) is 31.1 Å². The lowest BCUT2D eigenvalue weighted by atomic mass is 10.0. The van der Waals surface area contributed by atoms with E-state index in [-0.39, 0.29) is 23.4 Å². The maximum atomic E-state index is 12.4. The van der Waals surface area contributed by atoms with Gasteiger partial charge in [-0.3, -0.25) is 4.90 Å². The molecule has 1 atom stereocenters. The fraction of sp³-hybridized carbons (Fsp3) is 0.625. The van der Waals surface area contributed by atoms with E-state index in [1.807, 2.05) is 13.8 Å². The number of alkyl halides is 3. The maximum Gasteiger partial charge on any atom is 0.573 e. The summed E-state index contributed by atoms with van der Waals surface area (Å²) >= 11 is 0. The van der Waals surface area contributed by atoms with Gasteiger partial charge in [0, 0.05) is 25.7 Å². The molecule has 0 amide bonds. The highest BCUT2D eigenvalue weighted by Crippen LogP contribution is 2.24. The van der Waals surface area contributed by atoms with Crippen LogP contribution in [0, 0.1) is 5.92 Å². The van der Waals surface area contributed by atoms with Crippen LogP contribution in [0.2, 0.25) is 0 Å². The van der Waals surface area contributed by atoms with Crippen molar-refractivity contribution in [1.82, 2.24) is 9.62 Å². The molecule has 1 unspecified atom stereocenters. The minimum absolute atomic E-state index is 0.00140. The third kappa shape index (κ3) is 6.11. The van der Waals surface area contributed by atoms with Gasteiger partial charge in [-0.15, -0.1) is 13.2 Å². The lowest BCUT2D eigenvalue weighted by molar-refractivity contribution is -0.274. The van der Waals surface area contributed by atoms with Gasteiger partial charge in [-0.1, -0.05) is 13.8 Å². The monoisotopic (exact) mass is 396 g/mol. The lowest BCUT2D eigenvalue weighted by Crippen LogP contribution is -2.51. The molecule has 148 valence electrons. The van der Waals surface area contributed by atoms with Gasteiger partial charge in [0.2, 0.25) is 10.0 Å². The second-order valence-corrected chi connectivity index (χ2v) is 8.10. The minimum Gasteiger partial charge on any atom is -0.406 e. The summed E-state index contributed by atoms with van der Waals surface area (Å²) in [6.07, 6.45) is -4.82. The van der Waals surface area contributed by atoms with Gasteiger partial charge in [-0.2, -0.15) is 0 Å². The summed E-state index contributed by atoms with van der Waals surface area (Å²) in [6, 6.07) is 4.13. The lowest BCUT2D eigenvalue weighted by Gasteiger charge is -2.36. The quantitative estimate of drug-likeness (QED) is 0.766. The van der Waals surface area contributed by atoms with E-state index in [0.717, 1.165) is 37.4 Å². The average molecular weight is 396 g/mol. The van der Waals surface area contributed by atoms with Gasteiger partial charge in [0.05, 0.1) is 18.1 Å². The Morgan fingerprint density at radius 3 is 2.27 bits per heavy atom. The molecule has 6 nitrogen and oxygen atoms in total. The van der Waals surface area contributed by atoms with E-state index in [1.54, 1.807) is 0 Å². The molecule has 0 spiro atoms. The number of benzene rings is 1. The fourth-order valence-electron chi connectivity index (χ4n) is 2.79. The van der Waals surface area contributed by atoms with E-state index in [2.05, 4.69) is 14.4 Å². The molecule has 1 fully saturated rings. The number of sulfonamides is 1. The zero-order valence-corrected chi connectivity index (χ0v) is 15.4. The normalized spacial score (nSPS) is 18.1. The Morgan fingerprint density at radius 1 is 1.19 bits per heavy atom. The molecule has 0 radical (unpaired) electrons. The number of halogens is 3. The molecule has 1 saturated heterocycles. The van der Waals surface area contributed by atoms with Crippen LogP contribution in [0.5, 0.6) is 5.75 Å². The van der Waals surface area contributed by atoms with Crippen LogP contribution in [0.25, 0.3) is 0 Å². The van der Waals surface area contributed by atoms with E-state index in [4.69, 9.17) is 4.74 Å². The fourth-order valence-corrected chi connectivity index (χ4v) is 3.85. The largest absolute Gasteiger partial charge is 0.573 e. The Balaban J connectivity index is 2.02. The van der Waals surface area contributed by atoms with Gasteiger partial charge in [0.25, 0.3) is 0 Å². The molecule has 1 aromatic carbocycles. The molecular formula is C16H23F3N2O4S. The molecule has 1 aromatic rings. The predicted molar refractivity (Wildman–Crippen MR) is 89.3 cm³/mol. The molecule has 1 N–H and O–H groups in total. The first-order chi connectivity index (χ1) is 12.1. The molecule has 10 heteroatoms. The van der Waals surface area contributed by atoms with E-state index in [0.29, 0.717) is 13.2 Å². The van der Waals surface area contributed by atoms with Gasteiger partial charge in [0.1, 0.15) is 5.75 Å². The number of hydrogen-bond donors (Lipinski definition) is 1. The molecular weight excluding hydrogens is 373 g/mol. The van der Waals surface area contributed by atoms with Crippen molar-refractivity contribution in [3.8, 4) is 5.75 Å². The van der Waals surface area contributed by atoms with Crippen molar-refractivity contribution in [3.63, 3.8) is 0 Å². The van der Waals surface area contributed by atoms with Crippen molar-refractivity contribution in [3.05, 3.63) is 24.3 Å². The van der Waals surface area contributed by atoms with Crippen LogP contribution in [0.3, 0.4) is 0 Å². The number of morpholine rings is 1. The Morgan fingerprint density at radius 2 is 1.77 bits per heavy atom. The van der Waals surface area contributed by atoms with Crippen LogP contribution in [-0.4, -0.2) is 58.6 Å². The van der Waals surface area contributed by atoms with Gasteiger partial charge in [-0.05, 0) is 30.2 Å². The summed E-state index contributed by atoms with van der Waals surface area (Å²) in [7, 11) is -3.83. The van der Waals surface area contributed by atoms with E-state index in [1.165, 1.54) is 0 Å².